The van der Waals surface area contributed by atoms with Crippen molar-refractivity contribution in [1.82, 2.24) is 30.0 Å². The van der Waals surface area contributed by atoms with Crippen LogP contribution in [0.3, 0.4) is 0 Å². The number of para-hydroxylation sites is 1. The molecular formula is C19H16N6OS. The van der Waals surface area contributed by atoms with E-state index >= 15 is 0 Å². The second-order valence-corrected chi connectivity index (χ2v) is 6.87. The Morgan fingerprint density at radius 1 is 0.963 bits per heavy atom. The summed E-state index contributed by atoms with van der Waals surface area (Å²) in [4.78, 5) is 13.6. The second-order valence-electron chi connectivity index (χ2n) is 5.89. The van der Waals surface area contributed by atoms with E-state index in [1.54, 1.807) is 16.8 Å². The molecular weight excluding hydrogens is 360 g/mol. The number of aryl methyl sites for hydroxylation is 1. The molecule has 4 rings (SSSR count). The molecule has 0 aliphatic heterocycles. The number of tetrazole rings is 1. The van der Waals surface area contributed by atoms with E-state index in [1.807, 2.05) is 62.4 Å². The Kier molecular flexibility index (Phi) is 4.55. The highest BCUT2D eigenvalue weighted by atomic mass is 32.2. The first kappa shape index (κ1) is 17.2. The zero-order chi connectivity index (χ0) is 18.8. The molecule has 0 spiro atoms. The van der Waals surface area contributed by atoms with E-state index in [4.69, 9.17) is 0 Å². The molecule has 0 aliphatic carbocycles. The van der Waals surface area contributed by atoms with Gasteiger partial charge in [-0.2, -0.15) is 14.5 Å². The maximum atomic E-state index is 12.8. The minimum Gasteiger partial charge on any atom is -0.267 e. The lowest BCUT2D eigenvalue weighted by Crippen LogP contribution is -2.15. The minimum atomic E-state index is -0.161. The van der Waals surface area contributed by atoms with Crippen LogP contribution in [0.1, 0.15) is 21.7 Å². The number of nitrogens with zero attached hydrogens (tertiary/aromatic N) is 6. The maximum absolute atomic E-state index is 12.8. The number of aromatic nitrogens is 6. The Bertz CT molecular complexity index is 1090. The molecule has 0 amide bonds. The van der Waals surface area contributed by atoms with Gasteiger partial charge in [-0.1, -0.05) is 36.4 Å². The molecule has 134 valence electrons. The summed E-state index contributed by atoms with van der Waals surface area (Å²) in [5, 5.41) is 17.0. The van der Waals surface area contributed by atoms with Gasteiger partial charge in [-0.3, -0.25) is 4.79 Å². The van der Waals surface area contributed by atoms with E-state index in [9.17, 15) is 4.79 Å². The number of rotatable bonds is 4. The van der Waals surface area contributed by atoms with Gasteiger partial charge in [0.05, 0.1) is 22.0 Å². The summed E-state index contributed by atoms with van der Waals surface area (Å²) in [5.74, 6) is -0.161. The fraction of sp³-hybridized carbons (Fsp3) is 0.105. The number of carbonyl (C=O) groups is 1. The molecule has 8 heteroatoms. The number of hydrogen-bond donors (Lipinski definition) is 0. The van der Waals surface area contributed by atoms with E-state index in [0.717, 1.165) is 22.0 Å². The summed E-state index contributed by atoms with van der Waals surface area (Å²) < 4.78 is 3.10. The number of hydrogen-bond acceptors (Lipinski definition) is 6. The van der Waals surface area contributed by atoms with Gasteiger partial charge in [-0.25, -0.2) is 0 Å². The Hall–Kier alpha value is -3.26. The van der Waals surface area contributed by atoms with Crippen LogP contribution in [0.5, 0.6) is 0 Å². The lowest BCUT2D eigenvalue weighted by Gasteiger charge is -2.05. The molecule has 0 fully saturated rings. The van der Waals surface area contributed by atoms with Crippen molar-refractivity contribution < 1.29 is 4.79 Å². The predicted octanol–water partition coefficient (Wildman–Crippen LogP) is 3.32. The lowest BCUT2D eigenvalue weighted by atomic mass is 10.2. The lowest BCUT2D eigenvalue weighted by molar-refractivity contribution is 0.0942. The van der Waals surface area contributed by atoms with Crippen LogP contribution < -0.4 is 0 Å². The van der Waals surface area contributed by atoms with E-state index in [1.165, 1.54) is 16.4 Å². The molecule has 2 aromatic carbocycles. The normalized spacial score (nSPS) is 10.9. The average Bonchev–Trinajstić information content (AvgIpc) is 3.29. The smallest absolute Gasteiger partial charge is 0.267 e. The van der Waals surface area contributed by atoms with Crippen LogP contribution in [0.2, 0.25) is 0 Å². The van der Waals surface area contributed by atoms with Crippen molar-refractivity contribution in [1.29, 1.82) is 0 Å². The molecule has 0 radical (unpaired) electrons. The molecule has 0 saturated heterocycles. The third kappa shape index (κ3) is 3.26. The summed E-state index contributed by atoms with van der Waals surface area (Å²) >= 11 is 1.39. The summed E-state index contributed by atoms with van der Waals surface area (Å²) in [6.07, 6.45) is 0. The molecule has 0 bridgehead atoms. The molecule has 0 unspecified atom stereocenters. The fourth-order valence-electron chi connectivity index (χ4n) is 2.74. The van der Waals surface area contributed by atoms with Crippen molar-refractivity contribution in [2.75, 3.05) is 0 Å². The monoisotopic (exact) mass is 376 g/mol. The highest BCUT2D eigenvalue weighted by Gasteiger charge is 2.21. The minimum absolute atomic E-state index is 0.161. The summed E-state index contributed by atoms with van der Waals surface area (Å²) in [5.41, 5.74) is 2.97. The van der Waals surface area contributed by atoms with Crippen LogP contribution in [0.15, 0.2) is 70.7 Å². The average molecular weight is 376 g/mol. The van der Waals surface area contributed by atoms with Gasteiger partial charge in [0.25, 0.3) is 5.91 Å². The van der Waals surface area contributed by atoms with E-state index in [0.29, 0.717) is 10.7 Å². The van der Waals surface area contributed by atoms with Gasteiger partial charge in [0.15, 0.2) is 0 Å². The number of carbonyl (C=O) groups excluding carboxylic acids is 1. The summed E-state index contributed by atoms with van der Waals surface area (Å²) in [6.45, 7) is 3.75. The molecule has 0 atom stereocenters. The van der Waals surface area contributed by atoms with E-state index in [-0.39, 0.29) is 5.91 Å². The van der Waals surface area contributed by atoms with Crippen molar-refractivity contribution in [2.24, 2.45) is 0 Å². The topological polar surface area (TPSA) is 78.5 Å². The van der Waals surface area contributed by atoms with Gasteiger partial charge in [-0.05, 0) is 60.3 Å². The van der Waals surface area contributed by atoms with Crippen LogP contribution >= 0.6 is 11.8 Å². The van der Waals surface area contributed by atoms with Gasteiger partial charge in [0.1, 0.15) is 0 Å². The standard InChI is InChI=1S/C19H16N6OS/c1-13-17(14(2)24(21-13)18(26)15-9-5-3-6-10-15)27-19-20-22-23-25(19)16-11-7-4-8-12-16/h3-12H,1-2H3. The van der Waals surface area contributed by atoms with E-state index < -0.39 is 0 Å². The van der Waals surface area contributed by atoms with Crippen molar-refractivity contribution in [3.05, 3.63) is 77.6 Å². The first-order valence-corrected chi connectivity index (χ1v) is 9.14. The first-order valence-electron chi connectivity index (χ1n) is 8.33. The van der Waals surface area contributed by atoms with Gasteiger partial charge in [0, 0.05) is 5.56 Å². The zero-order valence-electron chi connectivity index (χ0n) is 14.8. The highest BCUT2D eigenvalue weighted by Crippen LogP contribution is 2.32. The Morgan fingerprint density at radius 3 is 2.33 bits per heavy atom. The van der Waals surface area contributed by atoms with Crippen molar-refractivity contribution in [2.45, 2.75) is 23.9 Å². The predicted molar refractivity (Wildman–Crippen MR) is 101 cm³/mol. The molecule has 7 nitrogen and oxygen atoms in total. The molecule has 2 heterocycles. The van der Waals surface area contributed by atoms with Gasteiger partial charge in [-0.15, -0.1) is 5.10 Å². The quantitative estimate of drug-likeness (QED) is 0.544. The third-order valence-electron chi connectivity index (χ3n) is 4.07. The molecule has 0 saturated carbocycles. The van der Waals surface area contributed by atoms with E-state index in [2.05, 4.69) is 20.6 Å². The molecule has 2 aromatic heterocycles. The molecule has 0 N–H and O–H groups in total. The second kappa shape index (κ2) is 7.16. The van der Waals surface area contributed by atoms with Crippen molar-refractivity contribution in [3.8, 4) is 5.69 Å². The SMILES string of the molecule is Cc1nn(C(=O)c2ccccc2)c(C)c1Sc1nnnn1-c1ccccc1. The summed E-state index contributed by atoms with van der Waals surface area (Å²) in [6, 6.07) is 18.8. The fourth-order valence-corrected chi connectivity index (χ4v) is 3.65. The van der Waals surface area contributed by atoms with Crippen LogP contribution in [0, 0.1) is 13.8 Å². The molecule has 4 aromatic rings. The summed E-state index contributed by atoms with van der Waals surface area (Å²) in [7, 11) is 0. The largest absolute Gasteiger partial charge is 0.278 e. The van der Waals surface area contributed by atoms with Crippen molar-refractivity contribution in [3.63, 3.8) is 0 Å². The van der Waals surface area contributed by atoms with Gasteiger partial charge in [0.2, 0.25) is 5.16 Å². The van der Waals surface area contributed by atoms with Crippen LogP contribution in [0.4, 0.5) is 0 Å². The van der Waals surface area contributed by atoms with Crippen LogP contribution in [0.25, 0.3) is 5.69 Å². The van der Waals surface area contributed by atoms with Gasteiger partial charge >= 0.3 is 0 Å². The molecule has 0 aliphatic rings. The van der Waals surface area contributed by atoms with Gasteiger partial charge < -0.3 is 0 Å². The van der Waals surface area contributed by atoms with Crippen LogP contribution in [-0.2, 0) is 0 Å². The zero-order valence-corrected chi connectivity index (χ0v) is 15.6. The Morgan fingerprint density at radius 2 is 1.63 bits per heavy atom. The highest BCUT2D eigenvalue weighted by molar-refractivity contribution is 7.99. The Labute approximate surface area is 160 Å². The third-order valence-corrected chi connectivity index (χ3v) is 5.31. The maximum Gasteiger partial charge on any atom is 0.278 e. The van der Waals surface area contributed by atoms with Crippen LogP contribution in [-0.4, -0.2) is 35.9 Å². The number of benzene rings is 2. The van der Waals surface area contributed by atoms with Crippen molar-refractivity contribution >= 4 is 17.7 Å². The first-order chi connectivity index (χ1) is 13.1. The Balaban J connectivity index is 1.68. The molecule has 27 heavy (non-hydrogen) atoms.